The minimum absolute atomic E-state index is 0.135. The van der Waals surface area contributed by atoms with E-state index in [1.807, 2.05) is 0 Å². The molecule has 2 aromatic rings. The van der Waals surface area contributed by atoms with Gasteiger partial charge in [0.15, 0.2) is 0 Å². The van der Waals surface area contributed by atoms with Gasteiger partial charge in [-0.25, -0.2) is 17.5 Å². The molecule has 1 unspecified atom stereocenters. The van der Waals surface area contributed by atoms with E-state index in [0.29, 0.717) is 11.3 Å². The van der Waals surface area contributed by atoms with E-state index in [9.17, 15) is 12.8 Å². The van der Waals surface area contributed by atoms with E-state index < -0.39 is 16.1 Å². The van der Waals surface area contributed by atoms with Gasteiger partial charge in [0.25, 0.3) is 0 Å². The molecule has 0 radical (unpaired) electrons. The van der Waals surface area contributed by atoms with Crippen LogP contribution in [-0.4, -0.2) is 8.42 Å². The van der Waals surface area contributed by atoms with Gasteiger partial charge in [-0.15, -0.1) is 0 Å². The van der Waals surface area contributed by atoms with Gasteiger partial charge in [0.05, 0.1) is 4.90 Å². The molecule has 0 spiro atoms. The van der Waals surface area contributed by atoms with Gasteiger partial charge in [-0.1, -0.05) is 12.1 Å². The van der Waals surface area contributed by atoms with Crippen molar-refractivity contribution in [2.24, 2.45) is 5.84 Å². The fourth-order valence-corrected chi connectivity index (χ4v) is 3.08. The lowest BCUT2D eigenvalue weighted by Gasteiger charge is -2.15. The number of nitrogen functional groups attached to an aromatic ring is 1. The van der Waals surface area contributed by atoms with E-state index >= 15 is 0 Å². The second-order valence-electron chi connectivity index (χ2n) is 4.56. The standard InChI is InChI=1S/C14H16FN3O2S/c1-10(11-2-4-12(15)5-3-11)18-21(19,20)14-8-6-13(17-16)7-9-14/h2-10,17-18H,16H2,1H3. The fourth-order valence-electron chi connectivity index (χ4n) is 1.85. The van der Waals surface area contributed by atoms with Crippen LogP contribution in [0.3, 0.4) is 0 Å². The average molecular weight is 309 g/mol. The maximum atomic E-state index is 12.9. The summed E-state index contributed by atoms with van der Waals surface area (Å²) < 4.78 is 39.9. The number of benzene rings is 2. The van der Waals surface area contributed by atoms with E-state index in [1.54, 1.807) is 31.2 Å². The molecule has 0 aliphatic rings. The Bertz CT molecular complexity index is 700. The third-order valence-corrected chi connectivity index (χ3v) is 4.59. The van der Waals surface area contributed by atoms with Crippen LogP contribution in [0.5, 0.6) is 0 Å². The second-order valence-corrected chi connectivity index (χ2v) is 6.28. The molecule has 0 aliphatic carbocycles. The van der Waals surface area contributed by atoms with Crippen LogP contribution < -0.4 is 16.0 Å². The Hall–Kier alpha value is -1.96. The number of hydrogen-bond acceptors (Lipinski definition) is 4. The van der Waals surface area contributed by atoms with Crippen molar-refractivity contribution in [2.45, 2.75) is 17.9 Å². The normalized spacial score (nSPS) is 12.9. The van der Waals surface area contributed by atoms with E-state index in [2.05, 4.69) is 10.1 Å². The number of anilines is 1. The maximum absolute atomic E-state index is 12.9. The summed E-state index contributed by atoms with van der Waals surface area (Å²) in [6.45, 7) is 1.70. The van der Waals surface area contributed by atoms with Gasteiger partial charge >= 0.3 is 0 Å². The van der Waals surface area contributed by atoms with Crippen LogP contribution in [0.2, 0.25) is 0 Å². The zero-order chi connectivity index (χ0) is 15.5. The van der Waals surface area contributed by atoms with Crippen molar-refractivity contribution in [3.05, 3.63) is 59.9 Å². The summed E-state index contributed by atoms with van der Waals surface area (Å²) in [4.78, 5) is 0.135. The molecule has 2 aromatic carbocycles. The zero-order valence-electron chi connectivity index (χ0n) is 11.4. The molecule has 0 amide bonds. The van der Waals surface area contributed by atoms with Crippen LogP contribution in [0.25, 0.3) is 0 Å². The first kappa shape index (κ1) is 15.4. The number of halogens is 1. The number of hydrazine groups is 1. The monoisotopic (exact) mass is 309 g/mol. The third kappa shape index (κ3) is 3.78. The van der Waals surface area contributed by atoms with Crippen LogP contribution in [0.4, 0.5) is 10.1 Å². The maximum Gasteiger partial charge on any atom is 0.241 e. The SMILES string of the molecule is CC(NS(=O)(=O)c1ccc(NN)cc1)c1ccc(F)cc1. The minimum Gasteiger partial charge on any atom is -0.324 e. The van der Waals surface area contributed by atoms with Crippen molar-refractivity contribution < 1.29 is 12.8 Å². The Morgan fingerprint density at radius 3 is 2.14 bits per heavy atom. The van der Waals surface area contributed by atoms with Gasteiger partial charge in [-0.2, -0.15) is 0 Å². The predicted molar refractivity (Wildman–Crippen MR) is 79.4 cm³/mol. The van der Waals surface area contributed by atoms with Gasteiger partial charge in [-0.05, 0) is 48.9 Å². The lowest BCUT2D eigenvalue weighted by molar-refractivity contribution is 0.566. The first-order valence-corrected chi connectivity index (χ1v) is 7.75. The molecule has 112 valence electrons. The highest BCUT2D eigenvalue weighted by Gasteiger charge is 2.18. The summed E-state index contributed by atoms with van der Waals surface area (Å²) in [7, 11) is -3.66. The Morgan fingerprint density at radius 1 is 1.05 bits per heavy atom. The van der Waals surface area contributed by atoms with Gasteiger partial charge in [-0.3, -0.25) is 5.84 Å². The van der Waals surface area contributed by atoms with Crippen molar-refractivity contribution in [1.82, 2.24) is 4.72 Å². The molecule has 0 heterocycles. The summed E-state index contributed by atoms with van der Waals surface area (Å²) in [5.41, 5.74) is 3.72. The predicted octanol–water partition coefficient (Wildman–Crippen LogP) is 2.15. The smallest absolute Gasteiger partial charge is 0.241 e. The minimum atomic E-state index is -3.66. The van der Waals surface area contributed by atoms with Crippen LogP contribution in [-0.2, 0) is 10.0 Å². The number of hydrogen-bond donors (Lipinski definition) is 3. The number of sulfonamides is 1. The van der Waals surface area contributed by atoms with Gasteiger partial charge in [0, 0.05) is 11.7 Å². The number of nitrogens with one attached hydrogen (secondary N) is 2. The Kier molecular flexibility index (Phi) is 4.56. The van der Waals surface area contributed by atoms with Gasteiger partial charge in [0.2, 0.25) is 10.0 Å². The molecular weight excluding hydrogens is 293 g/mol. The summed E-state index contributed by atoms with van der Waals surface area (Å²) >= 11 is 0. The fraction of sp³-hybridized carbons (Fsp3) is 0.143. The molecule has 0 saturated heterocycles. The molecule has 0 saturated carbocycles. The summed E-state index contributed by atoms with van der Waals surface area (Å²) in [5.74, 6) is 4.87. The van der Waals surface area contributed by atoms with E-state index in [0.717, 1.165) is 0 Å². The molecular formula is C14H16FN3O2S. The molecule has 0 fully saturated rings. The average Bonchev–Trinajstić information content (AvgIpc) is 2.47. The second kappa shape index (κ2) is 6.21. The quantitative estimate of drug-likeness (QED) is 0.583. The molecule has 0 aliphatic heterocycles. The van der Waals surface area contributed by atoms with Crippen molar-refractivity contribution in [2.75, 3.05) is 5.43 Å². The highest BCUT2D eigenvalue weighted by Crippen LogP contribution is 2.18. The summed E-state index contributed by atoms with van der Waals surface area (Å²) in [6.07, 6.45) is 0. The first-order valence-electron chi connectivity index (χ1n) is 6.27. The van der Waals surface area contributed by atoms with Crippen LogP contribution in [0.15, 0.2) is 53.4 Å². The van der Waals surface area contributed by atoms with Crippen molar-refractivity contribution in [3.8, 4) is 0 Å². The lowest BCUT2D eigenvalue weighted by Crippen LogP contribution is -2.26. The van der Waals surface area contributed by atoms with Crippen LogP contribution >= 0.6 is 0 Å². The highest BCUT2D eigenvalue weighted by molar-refractivity contribution is 7.89. The molecule has 4 N–H and O–H groups in total. The molecule has 2 rings (SSSR count). The van der Waals surface area contributed by atoms with E-state index in [4.69, 9.17) is 5.84 Å². The molecule has 7 heteroatoms. The number of rotatable bonds is 5. The first-order chi connectivity index (χ1) is 9.92. The molecule has 5 nitrogen and oxygen atoms in total. The largest absolute Gasteiger partial charge is 0.324 e. The Morgan fingerprint density at radius 2 is 1.62 bits per heavy atom. The molecule has 21 heavy (non-hydrogen) atoms. The third-order valence-electron chi connectivity index (χ3n) is 3.03. The van der Waals surface area contributed by atoms with Crippen LogP contribution in [0, 0.1) is 5.82 Å². The molecule has 0 bridgehead atoms. The topological polar surface area (TPSA) is 84.2 Å². The Balaban J connectivity index is 2.17. The van der Waals surface area contributed by atoms with Gasteiger partial charge in [0.1, 0.15) is 5.82 Å². The summed E-state index contributed by atoms with van der Waals surface area (Å²) in [5, 5.41) is 0. The van der Waals surface area contributed by atoms with E-state index in [1.165, 1.54) is 24.3 Å². The van der Waals surface area contributed by atoms with Crippen LogP contribution in [0.1, 0.15) is 18.5 Å². The molecule has 1 atom stereocenters. The van der Waals surface area contributed by atoms with E-state index in [-0.39, 0.29) is 10.7 Å². The molecule has 0 aromatic heterocycles. The van der Waals surface area contributed by atoms with Gasteiger partial charge < -0.3 is 5.43 Å². The zero-order valence-corrected chi connectivity index (χ0v) is 12.2. The lowest BCUT2D eigenvalue weighted by atomic mass is 10.1. The number of nitrogens with two attached hydrogens (primary N) is 1. The highest BCUT2D eigenvalue weighted by atomic mass is 32.2. The summed E-state index contributed by atoms with van der Waals surface area (Å²) in [6, 6.07) is 11.2. The van der Waals surface area contributed by atoms with Crippen molar-refractivity contribution >= 4 is 15.7 Å². The van der Waals surface area contributed by atoms with Crippen molar-refractivity contribution in [1.29, 1.82) is 0 Å². The van der Waals surface area contributed by atoms with Crippen molar-refractivity contribution in [3.63, 3.8) is 0 Å². The Labute approximate surface area is 123 Å².